The van der Waals surface area contributed by atoms with Crippen molar-refractivity contribution in [3.05, 3.63) is 34.9 Å². The van der Waals surface area contributed by atoms with E-state index in [4.69, 9.17) is 29.6 Å². The third-order valence-corrected chi connectivity index (χ3v) is 2.66. The third kappa shape index (κ3) is 3.47. The molecule has 16 heavy (non-hydrogen) atoms. The fourth-order valence-electron chi connectivity index (χ4n) is 1.25. The molecule has 0 aliphatic carbocycles. The van der Waals surface area contributed by atoms with Gasteiger partial charge >= 0.3 is 0 Å². The second-order valence-corrected chi connectivity index (χ2v) is 4.25. The summed E-state index contributed by atoms with van der Waals surface area (Å²) in [6.45, 7) is 1.90. The summed E-state index contributed by atoms with van der Waals surface area (Å²) in [5.74, 6) is -0.220. The number of halogens is 1. The molecule has 0 aromatic heterocycles. The van der Waals surface area contributed by atoms with Gasteiger partial charge in [-0.2, -0.15) is 0 Å². The van der Waals surface area contributed by atoms with Gasteiger partial charge in [0.25, 0.3) is 5.91 Å². The molecule has 0 fully saturated rings. The van der Waals surface area contributed by atoms with Crippen molar-refractivity contribution in [3.63, 3.8) is 0 Å². The van der Waals surface area contributed by atoms with Crippen LogP contribution in [0.25, 0.3) is 0 Å². The lowest BCUT2D eigenvalue weighted by atomic mass is 10.1. The number of benzene rings is 1. The van der Waals surface area contributed by atoms with Gasteiger partial charge in [-0.05, 0) is 24.6 Å². The van der Waals surface area contributed by atoms with Crippen LogP contribution in [0.3, 0.4) is 0 Å². The van der Waals surface area contributed by atoms with Crippen molar-refractivity contribution in [1.29, 1.82) is 0 Å². The van der Waals surface area contributed by atoms with Crippen molar-refractivity contribution in [2.45, 2.75) is 19.4 Å². The molecule has 3 N–H and O–H groups in total. The van der Waals surface area contributed by atoms with Gasteiger partial charge in [0, 0.05) is 10.6 Å². The normalized spacial score (nSPS) is 11.9. The van der Waals surface area contributed by atoms with Gasteiger partial charge in [0.05, 0.1) is 11.0 Å². The lowest BCUT2D eigenvalue weighted by Gasteiger charge is -2.15. The summed E-state index contributed by atoms with van der Waals surface area (Å²) in [6.07, 6.45) is 0.668. The molecule has 0 saturated carbocycles. The van der Waals surface area contributed by atoms with E-state index >= 15 is 0 Å². The third-order valence-electron chi connectivity index (χ3n) is 2.14. The van der Waals surface area contributed by atoms with E-state index in [0.29, 0.717) is 17.0 Å². The maximum absolute atomic E-state index is 11.8. The average Bonchev–Trinajstić information content (AvgIpc) is 2.25. The minimum absolute atomic E-state index is 0.220. The second-order valence-electron chi connectivity index (χ2n) is 3.35. The summed E-state index contributed by atoms with van der Waals surface area (Å²) in [4.78, 5) is 12.1. The molecule has 0 heterocycles. The first-order valence-corrected chi connectivity index (χ1v) is 5.69. The molecule has 0 radical (unpaired) electrons. The van der Waals surface area contributed by atoms with Gasteiger partial charge in [0.2, 0.25) is 0 Å². The number of nitrogens with two attached hydrogens (primary N) is 1. The van der Waals surface area contributed by atoms with Crippen LogP contribution in [0.2, 0.25) is 5.02 Å². The van der Waals surface area contributed by atoms with E-state index in [1.54, 1.807) is 24.3 Å². The Morgan fingerprint density at radius 1 is 1.62 bits per heavy atom. The van der Waals surface area contributed by atoms with Crippen molar-refractivity contribution in [3.8, 4) is 0 Å². The molecule has 0 aliphatic rings. The number of rotatable bonds is 4. The zero-order chi connectivity index (χ0) is 12.1. The first kappa shape index (κ1) is 12.9. The minimum Gasteiger partial charge on any atom is -0.392 e. The Morgan fingerprint density at radius 2 is 2.31 bits per heavy atom. The molecule has 1 amide bonds. The SMILES string of the molecule is CCC(NC(=O)c1cccc(Cl)c1)C(N)=S. The average molecular weight is 257 g/mol. The molecule has 1 rings (SSSR count). The van der Waals surface area contributed by atoms with Crippen molar-refractivity contribution in [2.24, 2.45) is 5.73 Å². The van der Waals surface area contributed by atoms with Crippen LogP contribution < -0.4 is 11.1 Å². The molecule has 1 atom stereocenters. The zero-order valence-corrected chi connectivity index (χ0v) is 10.4. The highest BCUT2D eigenvalue weighted by molar-refractivity contribution is 7.80. The highest BCUT2D eigenvalue weighted by Gasteiger charge is 2.14. The Labute approximate surface area is 105 Å². The van der Waals surface area contributed by atoms with Gasteiger partial charge in [0.15, 0.2) is 0 Å². The van der Waals surface area contributed by atoms with Crippen molar-refractivity contribution in [1.82, 2.24) is 5.32 Å². The largest absolute Gasteiger partial charge is 0.392 e. The van der Waals surface area contributed by atoms with Crippen molar-refractivity contribution >= 4 is 34.7 Å². The van der Waals surface area contributed by atoms with Gasteiger partial charge in [-0.25, -0.2) is 0 Å². The number of hydrogen-bond donors (Lipinski definition) is 2. The first-order chi connectivity index (χ1) is 7.54. The zero-order valence-electron chi connectivity index (χ0n) is 8.87. The first-order valence-electron chi connectivity index (χ1n) is 4.90. The van der Waals surface area contributed by atoms with Gasteiger partial charge in [0.1, 0.15) is 0 Å². The number of hydrogen-bond acceptors (Lipinski definition) is 2. The summed E-state index contributed by atoms with van der Waals surface area (Å²) >= 11 is 10.6. The summed E-state index contributed by atoms with van der Waals surface area (Å²) in [5, 5.41) is 3.27. The second kappa shape index (κ2) is 5.82. The lowest BCUT2D eigenvalue weighted by Crippen LogP contribution is -2.42. The van der Waals surface area contributed by atoms with Gasteiger partial charge in [-0.1, -0.05) is 36.8 Å². The molecule has 0 spiro atoms. The maximum atomic E-state index is 11.8. The molecule has 86 valence electrons. The van der Waals surface area contributed by atoms with Gasteiger partial charge in [-0.15, -0.1) is 0 Å². The predicted molar refractivity (Wildman–Crippen MR) is 69.8 cm³/mol. The van der Waals surface area contributed by atoms with Crippen LogP contribution in [-0.4, -0.2) is 16.9 Å². The summed E-state index contributed by atoms with van der Waals surface area (Å²) < 4.78 is 0. The van der Waals surface area contributed by atoms with Crippen LogP contribution in [-0.2, 0) is 0 Å². The fraction of sp³-hybridized carbons (Fsp3) is 0.273. The molecule has 0 bridgehead atoms. The number of carbonyl (C=O) groups excluding carboxylic acids is 1. The summed E-state index contributed by atoms with van der Waals surface area (Å²) in [6, 6.07) is 6.44. The monoisotopic (exact) mass is 256 g/mol. The number of carbonyl (C=O) groups is 1. The van der Waals surface area contributed by atoms with E-state index < -0.39 is 0 Å². The van der Waals surface area contributed by atoms with Gasteiger partial charge in [-0.3, -0.25) is 4.79 Å². The molecule has 3 nitrogen and oxygen atoms in total. The van der Waals surface area contributed by atoms with E-state index in [-0.39, 0.29) is 16.9 Å². The maximum Gasteiger partial charge on any atom is 0.251 e. The van der Waals surface area contributed by atoms with E-state index in [2.05, 4.69) is 5.32 Å². The Bertz CT molecular complexity index is 409. The van der Waals surface area contributed by atoms with E-state index in [9.17, 15) is 4.79 Å². The van der Waals surface area contributed by atoms with Crippen LogP contribution in [0.4, 0.5) is 0 Å². The molecular formula is C11H13ClN2OS. The van der Waals surface area contributed by atoms with Crippen LogP contribution >= 0.6 is 23.8 Å². The van der Waals surface area contributed by atoms with E-state index in [0.717, 1.165) is 0 Å². The summed E-state index contributed by atoms with van der Waals surface area (Å²) in [7, 11) is 0. The van der Waals surface area contributed by atoms with Crippen LogP contribution in [0.5, 0.6) is 0 Å². The highest BCUT2D eigenvalue weighted by atomic mass is 35.5. The highest BCUT2D eigenvalue weighted by Crippen LogP contribution is 2.10. The summed E-state index contributed by atoms with van der Waals surface area (Å²) in [5.41, 5.74) is 6.00. The van der Waals surface area contributed by atoms with Crippen molar-refractivity contribution < 1.29 is 4.79 Å². The number of nitrogens with one attached hydrogen (secondary N) is 1. The molecule has 1 unspecified atom stereocenters. The topological polar surface area (TPSA) is 55.1 Å². The molecule has 1 aromatic rings. The lowest BCUT2D eigenvalue weighted by molar-refractivity contribution is 0.0946. The Balaban J connectivity index is 2.75. The fourth-order valence-corrected chi connectivity index (χ4v) is 1.66. The van der Waals surface area contributed by atoms with Crippen LogP contribution in [0.15, 0.2) is 24.3 Å². The molecule has 0 aliphatic heterocycles. The molecular weight excluding hydrogens is 244 g/mol. The molecule has 5 heteroatoms. The number of thiocarbonyl (C=S) groups is 1. The molecule has 0 saturated heterocycles. The number of amides is 1. The van der Waals surface area contributed by atoms with E-state index in [1.807, 2.05) is 6.92 Å². The van der Waals surface area contributed by atoms with Crippen LogP contribution in [0.1, 0.15) is 23.7 Å². The van der Waals surface area contributed by atoms with E-state index in [1.165, 1.54) is 0 Å². The van der Waals surface area contributed by atoms with Gasteiger partial charge < -0.3 is 11.1 Å². The van der Waals surface area contributed by atoms with Crippen molar-refractivity contribution in [2.75, 3.05) is 0 Å². The smallest absolute Gasteiger partial charge is 0.251 e. The Hall–Kier alpha value is -1.13. The standard InChI is InChI=1S/C11H13ClN2OS/c1-2-9(10(13)16)14-11(15)7-4-3-5-8(12)6-7/h3-6,9H,2H2,1H3,(H2,13,16)(H,14,15). The molecule has 1 aromatic carbocycles. The quantitative estimate of drug-likeness (QED) is 0.812. The predicted octanol–water partition coefficient (Wildman–Crippen LogP) is 2.13. The Kier molecular flexibility index (Phi) is 4.71. The van der Waals surface area contributed by atoms with Crippen LogP contribution in [0, 0.1) is 0 Å². The minimum atomic E-state index is -0.276. The Morgan fingerprint density at radius 3 is 2.81 bits per heavy atom.